The molecule has 3 amide bonds. The van der Waals surface area contributed by atoms with Crippen molar-refractivity contribution in [2.75, 3.05) is 5.32 Å². The summed E-state index contributed by atoms with van der Waals surface area (Å²) in [5.74, 6) is -3.60. The number of nitrogens with zero attached hydrogens (tertiary/aromatic N) is 1. The lowest BCUT2D eigenvalue weighted by Gasteiger charge is -2.54. The fraction of sp³-hybridized carbons (Fsp3) is 0.276. The zero-order chi connectivity index (χ0) is 26.3. The van der Waals surface area contributed by atoms with Crippen molar-refractivity contribution < 1.29 is 14.4 Å². The third-order valence-electron chi connectivity index (χ3n) is 7.91. The summed E-state index contributed by atoms with van der Waals surface area (Å²) in [6, 6.07) is 21.1. The van der Waals surface area contributed by atoms with E-state index in [9.17, 15) is 14.4 Å². The molecule has 3 aromatic rings. The van der Waals surface area contributed by atoms with Gasteiger partial charge < -0.3 is 5.32 Å². The first kappa shape index (κ1) is 24.7. The Kier molecular flexibility index (Phi) is 5.61. The van der Waals surface area contributed by atoms with Gasteiger partial charge in [0.15, 0.2) is 0 Å². The van der Waals surface area contributed by atoms with Crippen molar-refractivity contribution in [1.29, 1.82) is 0 Å². The molecule has 1 fully saturated rings. The number of benzene rings is 3. The molecule has 2 bridgehead atoms. The number of hydrogen-bond donors (Lipinski definition) is 1. The maximum atomic E-state index is 14.2. The monoisotopic (exact) mass is 596 g/mol. The second-order valence-electron chi connectivity index (χ2n) is 10.2. The van der Waals surface area contributed by atoms with Crippen molar-refractivity contribution in [2.45, 2.75) is 29.6 Å². The number of nitrogens with one attached hydrogen (secondary N) is 1. The van der Waals surface area contributed by atoms with E-state index in [-0.39, 0.29) is 5.92 Å². The Bertz CT molecular complexity index is 1350. The van der Waals surface area contributed by atoms with Crippen LogP contribution in [0.2, 0.25) is 0 Å². The SMILES string of the molecule is CC(C)[C@@H](C(=O)Nc1ccc(Br)cc1)N1C(=O)[C@@H]2[C@H](C1=O)C1(Cl)c3ccccc3C2(Cl)c2ccccc21. The molecular formula is C29H23BrCl2N2O3. The van der Waals surface area contributed by atoms with Gasteiger partial charge in [-0.05, 0) is 52.4 Å². The molecule has 7 rings (SSSR count). The summed E-state index contributed by atoms with van der Waals surface area (Å²) in [6.07, 6.45) is 0. The normalized spacial score (nSPS) is 28.1. The predicted molar refractivity (Wildman–Crippen MR) is 146 cm³/mol. The molecule has 1 N–H and O–H groups in total. The summed E-state index contributed by atoms with van der Waals surface area (Å²) in [5.41, 5.74) is 3.49. The van der Waals surface area contributed by atoms with Gasteiger partial charge in [-0.15, -0.1) is 23.2 Å². The topological polar surface area (TPSA) is 66.5 Å². The molecule has 3 aromatic carbocycles. The number of anilines is 1. The third kappa shape index (κ3) is 3.19. The largest absolute Gasteiger partial charge is 0.324 e. The number of rotatable bonds is 4. The zero-order valence-corrected chi connectivity index (χ0v) is 23.1. The molecule has 1 heterocycles. The molecule has 3 atom stereocenters. The number of alkyl halides is 2. The molecule has 0 spiro atoms. The Hall–Kier alpha value is -2.67. The van der Waals surface area contributed by atoms with E-state index in [1.54, 1.807) is 24.3 Å². The molecule has 0 aromatic heterocycles. The molecule has 0 radical (unpaired) electrons. The van der Waals surface area contributed by atoms with Gasteiger partial charge in [0, 0.05) is 10.2 Å². The van der Waals surface area contributed by atoms with Crippen molar-refractivity contribution in [1.82, 2.24) is 4.90 Å². The highest BCUT2D eigenvalue weighted by Crippen LogP contribution is 2.69. The fourth-order valence-electron chi connectivity index (χ4n) is 6.43. The Morgan fingerprint density at radius 2 is 1.22 bits per heavy atom. The van der Waals surface area contributed by atoms with Crippen LogP contribution in [0.25, 0.3) is 0 Å². The number of carbonyl (C=O) groups excluding carboxylic acids is 3. The van der Waals surface area contributed by atoms with Gasteiger partial charge in [-0.25, -0.2) is 0 Å². The number of halogens is 3. The van der Waals surface area contributed by atoms with Crippen molar-refractivity contribution >= 4 is 62.5 Å². The van der Waals surface area contributed by atoms with Crippen molar-refractivity contribution in [3.63, 3.8) is 0 Å². The van der Waals surface area contributed by atoms with Gasteiger partial charge in [0.1, 0.15) is 15.8 Å². The number of carbonyl (C=O) groups is 3. The zero-order valence-electron chi connectivity index (χ0n) is 20.0. The average molecular weight is 598 g/mol. The minimum Gasteiger partial charge on any atom is -0.324 e. The van der Waals surface area contributed by atoms with Crippen LogP contribution < -0.4 is 5.32 Å². The molecule has 5 nitrogen and oxygen atoms in total. The lowest BCUT2D eigenvalue weighted by atomic mass is 9.54. The molecule has 1 aliphatic heterocycles. The van der Waals surface area contributed by atoms with Crippen LogP contribution in [0.15, 0.2) is 77.3 Å². The Morgan fingerprint density at radius 3 is 1.59 bits per heavy atom. The van der Waals surface area contributed by atoms with Crippen LogP contribution in [0.3, 0.4) is 0 Å². The first-order chi connectivity index (χ1) is 17.6. The summed E-state index contributed by atoms with van der Waals surface area (Å²) in [4.78, 5) is 40.6. The van der Waals surface area contributed by atoms with Crippen LogP contribution in [0.4, 0.5) is 5.69 Å². The molecule has 0 unspecified atom stereocenters. The third-order valence-corrected chi connectivity index (χ3v) is 9.72. The highest BCUT2D eigenvalue weighted by Gasteiger charge is 2.73. The number of hydrogen-bond acceptors (Lipinski definition) is 3. The second-order valence-corrected chi connectivity index (χ2v) is 12.3. The number of imide groups is 1. The molecular weight excluding hydrogens is 575 g/mol. The first-order valence-corrected chi connectivity index (χ1v) is 13.7. The van der Waals surface area contributed by atoms with Crippen LogP contribution >= 0.6 is 39.1 Å². The van der Waals surface area contributed by atoms with Crippen LogP contribution in [-0.4, -0.2) is 28.7 Å². The maximum Gasteiger partial charge on any atom is 0.247 e. The fourth-order valence-corrected chi connectivity index (χ4v) is 7.79. The molecule has 0 saturated carbocycles. The van der Waals surface area contributed by atoms with Gasteiger partial charge in [0.2, 0.25) is 17.7 Å². The minimum absolute atomic E-state index is 0.344. The van der Waals surface area contributed by atoms with Gasteiger partial charge in [-0.1, -0.05) is 78.3 Å². The number of likely N-dealkylation sites (tertiary alicyclic amines) is 1. The first-order valence-electron chi connectivity index (χ1n) is 12.1. The van der Waals surface area contributed by atoms with Crippen molar-refractivity contribution in [2.24, 2.45) is 17.8 Å². The number of amides is 3. The van der Waals surface area contributed by atoms with E-state index in [4.69, 9.17) is 23.2 Å². The van der Waals surface area contributed by atoms with E-state index in [1.807, 2.05) is 62.4 Å². The van der Waals surface area contributed by atoms with E-state index in [2.05, 4.69) is 21.2 Å². The molecule has 188 valence electrons. The standard InChI is InChI=1S/C29H23BrCl2N2O3/c1-15(2)24(25(35)33-17-13-11-16(30)12-14-17)34-26(36)22-23(27(34)37)29(32)19-8-4-3-7-18(19)28(22,31)20-9-5-6-10-21(20)29/h3-15,22-24H,1-2H3,(H,33,35)/t22-,23+,24-,28?,29?/m0/s1. The Labute approximate surface area is 233 Å². The molecule has 3 aliphatic carbocycles. The second kappa shape index (κ2) is 8.42. The summed E-state index contributed by atoms with van der Waals surface area (Å²) < 4.78 is 0.870. The van der Waals surface area contributed by atoms with Gasteiger partial charge in [0.05, 0.1) is 11.8 Å². The highest BCUT2D eigenvalue weighted by atomic mass is 79.9. The summed E-state index contributed by atoms with van der Waals surface area (Å²) in [5, 5.41) is 2.87. The van der Waals surface area contributed by atoms with Gasteiger partial charge in [0.25, 0.3) is 0 Å². The van der Waals surface area contributed by atoms with E-state index < -0.39 is 45.3 Å². The lowest BCUT2D eigenvalue weighted by molar-refractivity contribution is -0.148. The van der Waals surface area contributed by atoms with E-state index in [0.29, 0.717) is 5.69 Å². The van der Waals surface area contributed by atoms with Crippen LogP contribution in [0.5, 0.6) is 0 Å². The van der Waals surface area contributed by atoms with Gasteiger partial charge in [-0.2, -0.15) is 0 Å². The predicted octanol–water partition coefficient (Wildman–Crippen LogP) is 6.01. The smallest absolute Gasteiger partial charge is 0.247 e. The summed E-state index contributed by atoms with van der Waals surface area (Å²) in [7, 11) is 0. The van der Waals surface area contributed by atoms with E-state index >= 15 is 0 Å². The van der Waals surface area contributed by atoms with Gasteiger partial charge in [-0.3, -0.25) is 19.3 Å². The van der Waals surface area contributed by atoms with Crippen molar-refractivity contribution in [3.8, 4) is 0 Å². The van der Waals surface area contributed by atoms with Crippen LogP contribution in [-0.2, 0) is 24.1 Å². The van der Waals surface area contributed by atoms with Crippen LogP contribution in [0.1, 0.15) is 36.1 Å². The summed E-state index contributed by atoms with van der Waals surface area (Å²) in [6.45, 7) is 3.64. The molecule has 1 saturated heterocycles. The Morgan fingerprint density at radius 1 is 0.811 bits per heavy atom. The quantitative estimate of drug-likeness (QED) is 0.296. The molecule has 8 heteroatoms. The minimum atomic E-state index is -1.28. The van der Waals surface area contributed by atoms with E-state index in [0.717, 1.165) is 31.6 Å². The summed E-state index contributed by atoms with van der Waals surface area (Å²) >= 11 is 18.4. The maximum absolute atomic E-state index is 14.2. The average Bonchev–Trinajstić information content (AvgIpc) is 3.15. The highest BCUT2D eigenvalue weighted by molar-refractivity contribution is 9.10. The molecule has 37 heavy (non-hydrogen) atoms. The van der Waals surface area contributed by atoms with Gasteiger partial charge >= 0.3 is 0 Å². The molecule has 4 aliphatic rings. The van der Waals surface area contributed by atoms with Crippen molar-refractivity contribution in [3.05, 3.63) is 99.5 Å². The Balaban J connectivity index is 1.48. The van der Waals surface area contributed by atoms with E-state index in [1.165, 1.54) is 0 Å². The van der Waals surface area contributed by atoms with Crippen LogP contribution in [0, 0.1) is 17.8 Å². The lowest BCUT2D eigenvalue weighted by Crippen LogP contribution is -2.57.